The summed E-state index contributed by atoms with van der Waals surface area (Å²) >= 11 is 0. The van der Waals surface area contributed by atoms with E-state index in [0.717, 1.165) is 44.6 Å². The van der Waals surface area contributed by atoms with E-state index in [1.807, 2.05) is 21.9 Å². The molecule has 9 heteroatoms. The average molecular weight is 418 g/mol. The smallest absolute Gasteiger partial charge is 0.410 e. The van der Waals surface area contributed by atoms with Crippen LogP contribution >= 0.6 is 0 Å². The number of cyclic esters (lactones) is 1. The monoisotopic (exact) mass is 418 g/mol. The third kappa shape index (κ3) is 4.84. The SMILES string of the molecule is O=C(O)CC1(O)CCCN(CC2CN(C3CCN(c4ccncc4)CC3)C(=O)O2)C1. The highest BCUT2D eigenvalue weighted by molar-refractivity contribution is 5.70. The van der Waals surface area contributed by atoms with E-state index < -0.39 is 11.6 Å². The van der Waals surface area contributed by atoms with Gasteiger partial charge in [-0.2, -0.15) is 0 Å². The number of pyridine rings is 1. The number of aliphatic carboxylic acids is 1. The summed E-state index contributed by atoms with van der Waals surface area (Å²) in [5.41, 5.74) is -0.0455. The molecule has 2 unspecified atom stereocenters. The number of anilines is 1. The van der Waals surface area contributed by atoms with Crippen LogP contribution in [0.2, 0.25) is 0 Å². The predicted octanol–water partition coefficient (Wildman–Crippen LogP) is 1.17. The summed E-state index contributed by atoms with van der Waals surface area (Å²) in [4.78, 5) is 33.8. The maximum atomic E-state index is 12.5. The fourth-order valence-electron chi connectivity index (χ4n) is 5.00. The van der Waals surface area contributed by atoms with E-state index in [2.05, 4.69) is 9.88 Å². The Balaban J connectivity index is 1.28. The van der Waals surface area contributed by atoms with Gasteiger partial charge in [-0.1, -0.05) is 0 Å². The first-order valence-corrected chi connectivity index (χ1v) is 10.7. The number of nitrogens with zero attached hydrogens (tertiary/aromatic N) is 4. The number of β-amino-alcohol motifs (C(OH)–C–C–N with tert-alkyl or cyclic N) is 1. The molecule has 0 spiro atoms. The van der Waals surface area contributed by atoms with Crippen molar-refractivity contribution in [2.24, 2.45) is 0 Å². The van der Waals surface area contributed by atoms with Gasteiger partial charge in [0.1, 0.15) is 6.10 Å². The second kappa shape index (κ2) is 8.77. The molecule has 3 saturated heterocycles. The van der Waals surface area contributed by atoms with Crippen molar-refractivity contribution in [2.45, 2.75) is 49.9 Å². The number of ether oxygens (including phenoxy) is 1. The first-order valence-electron chi connectivity index (χ1n) is 10.7. The van der Waals surface area contributed by atoms with E-state index in [4.69, 9.17) is 9.84 Å². The lowest BCUT2D eigenvalue weighted by molar-refractivity contribution is -0.145. The van der Waals surface area contributed by atoms with Crippen LogP contribution in [0.15, 0.2) is 24.5 Å². The number of likely N-dealkylation sites (tertiary alicyclic amines) is 1. The molecule has 1 aromatic rings. The maximum Gasteiger partial charge on any atom is 0.410 e. The number of amides is 1. The minimum Gasteiger partial charge on any atom is -0.481 e. The largest absolute Gasteiger partial charge is 0.481 e. The average Bonchev–Trinajstić information content (AvgIpc) is 3.08. The molecular weight excluding hydrogens is 388 g/mol. The fourth-order valence-corrected chi connectivity index (χ4v) is 5.00. The molecule has 4 heterocycles. The van der Waals surface area contributed by atoms with Crippen LogP contribution in [0, 0.1) is 0 Å². The number of rotatable bonds is 6. The maximum absolute atomic E-state index is 12.5. The highest BCUT2D eigenvalue weighted by atomic mass is 16.6. The van der Waals surface area contributed by atoms with Gasteiger partial charge in [0.05, 0.1) is 18.6 Å². The zero-order chi connectivity index (χ0) is 21.1. The lowest BCUT2D eigenvalue weighted by Gasteiger charge is -2.39. The Morgan fingerprint density at radius 3 is 2.67 bits per heavy atom. The number of carbonyl (C=O) groups is 2. The molecule has 164 valence electrons. The van der Waals surface area contributed by atoms with Gasteiger partial charge in [-0.05, 0) is 44.4 Å². The fraction of sp³-hybridized carbons (Fsp3) is 0.667. The van der Waals surface area contributed by atoms with Gasteiger partial charge in [-0.25, -0.2) is 4.79 Å². The third-order valence-electron chi connectivity index (χ3n) is 6.41. The van der Waals surface area contributed by atoms with Gasteiger partial charge >= 0.3 is 12.1 Å². The van der Waals surface area contributed by atoms with E-state index in [0.29, 0.717) is 26.1 Å². The molecule has 3 aliphatic rings. The summed E-state index contributed by atoms with van der Waals surface area (Å²) in [7, 11) is 0. The van der Waals surface area contributed by atoms with Crippen molar-refractivity contribution in [3.63, 3.8) is 0 Å². The van der Waals surface area contributed by atoms with Crippen molar-refractivity contribution in [3.05, 3.63) is 24.5 Å². The van der Waals surface area contributed by atoms with Gasteiger partial charge in [0, 0.05) is 50.3 Å². The molecule has 4 rings (SSSR count). The molecule has 0 bridgehead atoms. The van der Waals surface area contributed by atoms with Crippen LogP contribution in [-0.2, 0) is 9.53 Å². The Morgan fingerprint density at radius 1 is 1.23 bits per heavy atom. The minimum absolute atomic E-state index is 0.172. The number of carboxylic acid groups (broad SMARTS) is 1. The Kier molecular flexibility index (Phi) is 6.10. The van der Waals surface area contributed by atoms with Crippen LogP contribution in [0.5, 0.6) is 0 Å². The molecule has 0 radical (unpaired) electrons. The van der Waals surface area contributed by atoms with Crippen molar-refractivity contribution < 1.29 is 24.5 Å². The molecule has 3 fully saturated rings. The van der Waals surface area contributed by atoms with Crippen LogP contribution in [-0.4, -0.2) is 94.1 Å². The number of aromatic nitrogens is 1. The number of carbonyl (C=O) groups excluding carboxylic acids is 1. The number of piperidine rings is 2. The van der Waals surface area contributed by atoms with Crippen LogP contribution in [0.4, 0.5) is 10.5 Å². The lowest BCUT2D eigenvalue weighted by atomic mass is 9.89. The van der Waals surface area contributed by atoms with E-state index in [1.54, 1.807) is 12.4 Å². The first kappa shape index (κ1) is 20.9. The summed E-state index contributed by atoms with van der Waals surface area (Å²) < 4.78 is 5.62. The zero-order valence-electron chi connectivity index (χ0n) is 17.2. The van der Waals surface area contributed by atoms with Crippen molar-refractivity contribution in [2.75, 3.05) is 44.2 Å². The summed E-state index contributed by atoms with van der Waals surface area (Å²) in [6, 6.07) is 4.18. The summed E-state index contributed by atoms with van der Waals surface area (Å²) in [5.74, 6) is -0.990. The molecular formula is C21H30N4O5. The van der Waals surface area contributed by atoms with Crippen LogP contribution in [0.1, 0.15) is 32.1 Å². The summed E-state index contributed by atoms with van der Waals surface area (Å²) in [5, 5.41) is 19.6. The quantitative estimate of drug-likeness (QED) is 0.709. The van der Waals surface area contributed by atoms with E-state index in [9.17, 15) is 14.7 Å². The second-order valence-electron chi connectivity index (χ2n) is 8.72. The van der Waals surface area contributed by atoms with Crippen molar-refractivity contribution in [3.8, 4) is 0 Å². The first-order chi connectivity index (χ1) is 14.4. The standard InChI is InChI=1S/C21H30N4O5/c26-19(27)12-21(29)6-1-9-23(15-21)13-18-14-25(20(28)30-18)17-4-10-24(11-5-17)16-2-7-22-8-3-16/h2-3,7-8,17-18,29H,1,4-6,9-15H2,(H,26,27). The number of hydrogen-bond donors (Lipinski definition) is 2. The van der Waals surface area contributed by atoms with Crippen molar-refractivity contribution in [1.82, 2.24) is 14.8 Å². The zero-order valence-corrected chi connectivity index (χ0v) is 17.2. The van der Waals surface area contributed by atoms with Gasteiger partial charge < -0.3 is 24.7 Å². The predicted molar refractivity (Wildman–Crippen MR) is 109 cm³/mol. The van der Waals surface area contributed by atoms with Gasteiger partial charge in [0.25, 0.3) is 0 Å². The molecule has 0 aromatic carbocycles. The molecule has 1 aromatic heterocycles. The second-order valence-corrected chi connectivity index (χ2v) is 8.72. The highest BCUT2D eigenvalue weighted by Gasteiger charge is 2.40. The van der Waals surface area contributed by atoms with E-state index in [-0.39, 0.29) is 24.7 Å². The summed E-state index contributed by atoms with van der Waals surface area (Å²) in [6.45, 7) is 3.93. The molecule has 30 heavy (non-hydrogen) atoms. The van der Waals surface area contributed by atoms with Crippen molar-refractivity contribution in [1.29, 1.82) is 0 Å². The number of carboxylic acids is 1. The van der Waals surface area contributed by atoms with Crippen molar-refractivity contribution >= 4 is 17.7 Å². The Bertz CT molecular complexity index is 755. The van der Waals surface area contributed by atoms with Gasteiger partial charge in [-0.3, -0.25) is 14.7 Å². The van der Waals surface area contributed by atoms with Crippen LogP contribution in [0.3, 0.4) is 0 Å². The summed E-state index contributed by atoms with van der Waals surface area (Å²) in [6.07, 6.45) is 5.84. The molecule has 2 N–H and O–H groups in total. The molecule has 1 amide bonds. The molecule has 3 aliphatic heterocycles. The number of aliphatic hydroxyl groups is 1. The van der Waals surface area contributed by atoms with Gasteiger partial charge in [0.2, 0.25) is 0 Å². The highest BCUT2D eigenvalue weighted by Crippen LogP contribution is 2.28. The normalized spacial score (nSPS) is 28.6. The van der Waals surface area contributed by atoms with Gasteiger partial charge in [-0.15, -0.1) is 0 Å². The molecule has 2 atom stereocenters. The Labute approximate surface area is 176 Å². The molecule has 0 aliphatic carbocycles. The Hall–Kier alpha value is -2.39. The molecule has 9 nitrogen and oxygen atoms in total. The van der Waals surface area contributed by atoms with Crippen LogP contribution < -0.4 is 4.90 Å². The minimum atomic E-state index is -1.20. The number of hydrogen-bond acceptors (Lipinski definition) is 7. The van der Waals surface area contributed by atoms with Gasteiger partial charge in [0.15, 0.2) is 0 Å². The molecule has 0 saturated carbocycles. The van der Waals surface area contributed by atoms with E-state index >= 15 is 0 Å². The third-order valence-corrected chi connectivity index (χ3v) is 6.41. The van der Waals surface area contributed by atoms with Crippen LogP contribution in [0.25, 0.3) is 0 Å². The Morgan fingerprint density at radius 2 is 1.97 bits per heavy atom. The lowest BCUT2D eigenvalue weighted by Crippen LogP contribution is -2.51. The van der Waals surface area contributed by atoms with E-state index in [1.165, 1.54) is 0 Å². The topological polar surface area (TPSA) is 106 Å².